The monoisotopic (exact) mass is 487 g/mol. The van der Waals surface area contributed by atoms with Crippen molar-refractivity contribution in [3.05, 3.63) is 88.9 Å². The summed E-state index contributed by atoms with van der Waals surface area (Å²) in [6.07, 6.45) is 0. The van der Waals surface area contributed by atoms with Crippen LogP contribution in [-0.2, 0) is 0 Å². The fourth-order valence-electron chi connectivity index (χ4n) is 3.80. The largest absolute Gasteiger partial charge is 0.507 e. The molecule has 4 aromatic carbocycles. The molecule has 34 heavy (non-hydrogen) atoms. The Bertz CT molecular complexity index is 1560. The van der Waals surface area contributed by atoms with Crippen LogP contribution in [0.3, 0.4) is 0 Å². The number of oxazole rings is 1. The number of fused-ring (bicyclic) bond motifs is 2. The summed E-state index contributed by atoms with van der Waals surface area (Å²) in [5.41, 5.74) is 3.34. The highest BCUT2D eigenvalue weighted by molar-refractivity contribution is 7.80. The molecule has 0 aliphatic heterocycles. The van der Waals surface area contributed by atoms with Gasteiger partial charge in [-0.3, -0.25) is 10.1 Å². The smallest absolute Gasteiger partial charge is 0.258 e. The number of amides is 1. The number of nitrogens with zero attached hydrogens (tertiary/aromatic N) is 1. The van der Waals surface area contributed by atoms with Crippen molar-refractivity contribution in [2.24, 2.45) is 0 Å². The topological polar surface area (TPSA) is 87.4 Å². The van der Waals surface area contributed by atoms with Crippen LogP contribution in [-0.4, -0.2) is 21.1 Å². The van der Waals surface area contributed by atoms with Crippen LogP contribution < -0.4 is 10.6 Å². The number of nitrogens with one attached hydrogen (secondary N) is 2. The molecule has 0 bridgehead atoms. The first-order chi connectivity index (χ1) is 16.4. The Balaban J connectivity index is 1.40. The fourth-order valence-corrected chi connectivity index (χ4v) is 4.25. The number of aryl methyl sites for hydroxylation is 1. The summed E-state index contributed by atoms with van der Waals surface area (Å²) in [5, 5.41) is 18.5. The number of phenolic OH excluding ortho intramolecular Hbond substituents is 1. The first-order valence-corrected chi connectivity index (χ1v) is 11.2. The maximum absolute atomic E-state index is 12.9. The van der Waals surface area contributed by atoms with Gasteiger partial charge in [0.2, 0.25) is 5.89 Å². The normalized spacial score (nSPS) is 11.0. The molecule has 5 aromatic rings. The summed E-state index contributed by atoms with van der Waals surface area (Å²) in [6, 6.07) is 21.5. The number of thiocarbonyl (C=S) groups is 1. The lowest BCUT2D eigenvalue weighted by Crippen LogP contribution is -2.34. The number of hydrogen-bond donors (Lipinski definition) is 3. The lowest BCUT2D eigenvalue weighted by molar-refractivity contribution is 0.0979. The summed E-state index contributed by atoms with van der Waals surface area (Å²) in [7, 11) is 0. The molecule has 0 atom stereocenters. The Morgan fingerprint density at radius 2 is 1.79 bits per heavy atom. The number of carbonyl (C=O) groups excluding carboxylic acids is 1. The number of hydrogen-bond acceptors (Lipinski definition) is 5. The van der Waals surface area contributed by atoms with E-state index in [1.54, 1.807) is 43.3 Å². The summed E-state index contributed by atoms with van der Waals surface area (Å²) in [4.78, 5) is 17.4. The standard InChI is InChI=1S/C26H18ClN3O3S/c1-14-12-15(13-19(23(14)31)25-29-21-10-2-3-11-22(21)33-25)28-26(34)30-24(32)18-8-4-7-17-16(18)6-5-9-20(17)27/h2-13,31H,1H3,(H2,28,30,32,34). The molecular formula is C26H18ClN3O3S. The van der Waals surface area contributed by atoms with Crippen molar-refractivity contribution in [3.63, 3.8) is 0 Å². The van der Waals surface area contributed by atoms with Crippen LogP contribution in [0.5, 0.6) is 5.75 Å². The highest BCUT2D eigenvalue weighted by Crippen LogP contribution is 2.36. The van der Waals surface area contributed by atoms with Gasteiger partial charge in [-0.2, -0.15) is 0 Å². The Hall–Kier alpha value is -3.94. The van der Waals surface area contributed by atoms with Crippen molar-refractivity contribution in [2.75, 3.05) is 5.32 Å². The van der Waals surface area contributed by atoms with Crippen molar-refractivity contribution in [3.8, 4) is 17.2 Å². The molecule has 1 heterocycles. The SMILES string of the molecule is Cc1cc(NC(=S)NC(=O)c2cccc3c(Cl)cccc23)cc(-c2nc3ccccc3o2)c1O. The zero-order valence-electron chi connectivity index (χ0n) is 17.9. The Morgan fingerprint density at radius 1 is 1.03 bits per heavy atom. The van der Waals surface area contributed by atoms with Crippen LogP contribution in [0.25, 0.3) is 33.3 Å². The molecular weight excluding hydrogens is 470 g/mol. The zero-order valence-corrected chi connectivity index (χ0v) is 19.5. The number of anilines is 1. The maximum Gasteiger partial charge on any atom is 0.258 e. The maximum atomic E-state index is 12.9. The summed E-state index contributed by atoms with van der Waals surface area (Å²) >= 11 is 11.6. The van der Waals surface area contributed by atoms with Crippen LogP contribution >= 0.6 is 23.8 Å². The lowest BCUT2D eigenvalue weighted by Gasteiger charge is -2.13. The molecule has 0 fully saturated rings. The van der Waals surface area contributed by atoms with E-state index in [9.17, 15) is 9.90 Å². The second-order valence-corrected chi connectivity index (χ2v) is 8.54. The number of aromatic hydroxyl groups is 1. The lowest BCUT2D eigenvalue weighted by atomic mass is 10.0. The predicted octanol–water partition coefficient (Wildman–Crippen LogP) is 6.44. The van der Waals surface area contributed by atoms with E-state index in [0.717, 1.165) is 10.8 Å². The number of halogens is 1. The van der Waals surface area contributed by atoms with Gasteiger partial charge in [-0.15, -0.1) is 0 Å². The minimum Gasteiger partial charge on any atom is -0.507 e. The van der Waals surface area contributed by atoms with Gasteiger partial charge < -0.3 is 14.8 Å². The van der Waals surface area contributed by atoms with Gasteiger partial charge in [-0.1, -0.05) is 48.0 Å². The average molecular weight is 488 g/mol. The number of rotatable bonds is 3. The Kier molecular flexibility index (Phi) is 5.65. The van der Waals surface area contributed by atoms with E-state index in [2.05, 4.69) is 15.6 Å². The van der Waals surface area contributed by atoms with E-state index in [1.807, 2.05) is 36.4 Å². The van der Waals surface area contributed by atoms with Crippen LogP contribution in [0.2, 0.25) is 5.02 Å². The fraction of sp³-hybridized carbons (Fsp3) is 0.0385. The van der Waals surface area contributed by atoms with Gasteiger partial charge in [0.05, 0.1) is 5.56 Å². The summed E-state index contributed by atoms with van der Waals surface area (Å²) < 4.78 is 5.81. The average Bonchev–Trinajstić information content (AvgIpc) is 3.25. The van der Waals surface area contributed by atoms with E-state index in [1.165, 1.54) is 0 Å². The van der Waals surface area contributed by atoms with Crippen molar-refractivity contribution in [1.82, 2.24) is 10.3 Å². The number of carbonyl (C=O) groups is 1. The van der Waals surface area contributed by atoms with E-state index in [0.29, 0.717) is 38.5 Å². The van der Waals surface area contributed by atoms with Crippen molar-refractivity contribution >= 4 is 62.4 Å². The van der Waals surface area contributed by atoms with Crippen LogP contribution in [0.1, 0.15) is 15.9 Å². The third kappa shape index (κ3) is 4.07. The summed E-state index contributed by atoms with van der Waals surface area (Å²) in [6.45, 7) is 1.76. The number of phenols is 1. The highest BCUT2D eigenvalue weighted by atomic mass is 35.5. The molecule has 1 aromatic heterocycles. The van der Waals surface area contributed by atoms with Gasteiger partial charge in [0, 0.05) is 21.7 Å². The molecule has 0 aliphatic rings. The molecule has 6 nitrogen and oxygen atoms in total. The minimum atomic E-state index is -0.361. The van der Waals surface area contributed by atoms with Gasteiger partial charge in [0.15, 0.2) is 10.7 Å². The van der Waals surface area contributed by atoms with E-state index < -0.39 is 0 Å². The van der Waals surface area contributed by atoms with Gasteiger partial charge >= 0.3 is 0 Å². The molecule has 5 rings (SSSR count). The van der Waals surface area contributed by atoms with Crippen molar-refractivity contribution in [1.29, 1.82) is 0 Å². The molecule has 3 N–H and O–H groups in total. The molecule has 1 amide bonds. The van der Waals surface area contributed by atoms with E-state index >= 15 is 0 Å². The molecule has 0 aliphatic carbocycles. The molecule has 0 saturated heterocycles. The quantitative estimate of drug-likeness (QED) is 0.200. The van der Waals surface area contributed by atoms with Gasteiger partial charge in [-0.05, 0) is 66.5 Å². The van der Waals surface area contributed by atoms with E-state index in [4.69, 9.17) is 28.2 Å². The van der Waals surface area contributed by atoms with Crippen LogP contribution in [0, 0.1) is 6.92 Å². The zero-order chi connectivity index (χ0) is 23.8. The number of para-hydroxylation sites is 2. The van der Waals surface area contributed by atoms with Gasteiger partial charge in [-0.25, -0.2) is 4.98 Å². The minimum absolute atomic E-state index is 0.0553. The van der Waals surface area contributed by atoms with Gasteiger partial charge in [0.25, 0.3) is 5.91 Å². The Labute approximate surface area is 205 Å². The van der Waals surface area contributed by atoms with Crippen molar-refractivity contribution in [2.45, 2.75) is 6.92 Å². The highest BCUT2D eigenvalue weighted by Gasteiger charge is 2.17. The first-order valence-electron chi connectivity index (χ1n) is 10.4. The molecule has 0 unspecified atom stereocenters. The van der Waals surface area contributed by atoms with Gasteiger partial charge in [0.1, 0.15) is 11.3 Å². The third-order valence-corrected chi connectivity index (χ3v) is 5.96. The molecule has 0 spiro atoms. The summed E-state index contributed by atoms with van der Waals surface area (Å²) in [5.74, 6) is -0.0206. The second-order valence-electron chi connectivity index (χ2n) is 7.72. The van der Waals surface area contributed by atoms with Crippen LogP contribution in [0.4, 0.5) is 5.69 Å². The first kappa shape index (κ1) is 21.9. The second kappa shape index (κ2) is 8.78. The molecule has 168 valence electrons. The van der Waals surface area contributed by atoms with Crippen LogP contribution in [0.15, 0.2) is 77.2 Å². The van der Waals surface area contributed by atoms with Crippen molar-refractivity contribution < 1.29 is 14.3 Å². The third-order valence-electron chi connectivity index (χ3n) is 5.42. The number of aromatic nitrogens is 1. The molecule has 8 heteroatoms. The predicted molar refractivity (Wildman–Crippen MR) is 138 cm³/mol. The molecule has 0 radical (unpaired) electrons. The van der Waals surface area contributed by atoms with E-state index in [-0.39, 0.29) is 22.7 Å². The Morgan fingerprint density at radius 3 is 2.62 bits per heavy atom. The molecule has 0 saturated carbocycles. The number of benzene rings is 4.